The summed E-state index contributed by atoms with van der Waals surface area (Å²) < 4.78 is 86.0. The number of nitrogens with one attached hydrogen (secondary N) is 2. The van der Waals surface area contributed by atoms with Crippen molar-refractivity contribution in [2.24, 2.45) is 0 Å². The highest BCUT2D eigenvalue weighted by Gasteiger charge is 2.47. The standard InChI is InChI=1S/C19H13ClF6N4O2/c20-12-4-3-9(6-11(12)18(21,22)23)28-17(31)10-8-27-30-15(19(24,25)26)7-13(29-16(10)30)14-2-1-5-32-14/h1-6,8,13,15,29H,7H2,(H,28,31). The van der Waals surface area contributed by atoms with E-state index in [0.717, 1.165) is 18.3 Å². The largest absolute Gasteiger partial charge is 0.467 e. The van der Waals surface area contributed by atoms with Gasteiger partial charge in [-0.3, -0.25) is 4.79 Å². The molecule has 3 aromatic rings. The predicted molar refractivity (Wildman–Crippen MR) is 101 cm³/mol. The summed E-state index contributed by atoms with van der Waals surface area (Å²) in [5, 5.41) is 8.18. The van der Waals surface area contributed by atoms with Gasteiger partial charge in [-0.1, -0.05) is 11.6 Å². The Bertz CT molecular complexity index is 1140. The van der Waals surface area contributed by atoms with Crippen molar-refractivity contribution < 1.29 is 35.6 Å². The van der Waals surface area contributed by atoms with Crippen molar-refractivity contribution in [1.29, 1.82) is 0 Å². The smallest absolute Gasteiger partial charge is 0.417 e. The second-order valence-corrected chi connectivity index (χ2v) is 7.41. The minimum atomic E-state index is -4.76. The molecule has 0 saturated heterocycles. The first-order valence-electron chi connectivity index (χ1n) is 9.07. The molecule has 0 radical (unpaired) electrons. The molecular weight excluding hydrogens is 466 g/mol. The molecule has 4 rings (SSSR count). The summed E-state index contributed by atoms with van der Waals surface area (Å²) in [5.74, 6) is -0.955. The number of aromatic nitrogens is 2. The van der Waals surface area contributed by atoms with E-state index in [1.54, 1.807) is 0 Å². The van der Waals surface area contributed by atoms with Gasteiger partial charge in [0.05, 0.1) is 29.1 Å². The van der Waals surface area contributed by atoms with E-state index < -0.39 is 47.4 Å². The molecule has 2 aromatic heterocycles. The van der Waals surface area contributed by atoms with Gasteiger partial charge in [0.2, 0.25) is 0 Å². The molecular formula is C19H13ClF6N4O2. The average Bonchev–Trinajstić information content (AvgIpc) is 3.36. The fraction of sp³-hybridized carbons (Fsp3) is 0.263. The summed E-state index contributed by atoms with van der Waals surface area (Å²) >= 11 is 5.56. The van der Waals surface area contributed by atoms with Crippen molar-refractivity contribution >= 4 is 29.0 Å². The van der Waals surface area contributed by atoms with Crippen LogP contribution in [0.3, 0.4) is 0 Å². The van der Waals surface area contributed by atoms with Crippen molar-refractivity contribution in [3.05, 3.63) is 64.7 Å². The third kappa shape index (κ3) is 4.14. The fourth-order valence-electron chi connectivity index (χ4n) is 3.42. The highest BCUT2D eigenvalue weighted by atomic mass is 35.5. The molecule has 6 nitrogen and oxygen atoms in total. The van der Waals surface area contributed by atoms with Crippen LogP contribution in [-0.4, -0.2) is 21.9 Å². The van der Waals surface area contributed by atoms with Crippen LogP contribution < -0.4 is 10.6 Å². The molecule has 1 aliphatic heterocycles. The van der Waals surface area contributed by atoms with Gasteiger partial charge in [-0.15, -0.1) is 0 Å². The molecule has 32 heavy (non-hydrogen) atoms. The molecule has 170 valence electrons. The van der Waals surface area contributed by atoms with Crippen LogP contribution in [0.5, 0.6) is 0 Å². The van der Waals surface area contributed by atoms with Crippen molar-refractivity contribution in [3.8, 4) is 0 Å². The number of amides is 1. The van der Waals surface area contributed by atoms with Crippen LogP contribution in [0.2, 0.25) is 5.02 Å². The Morgan fingerprint density at radius 3 is 2.59 bits per heavy atom. The third-order valence-electron chi connectivity index (χ3n) is 4.90. The van der Waals surface area contributed by atoms with Crippen LogP contribution in [0.25, 0.3) is 0 Å². The molecule has 0 saturated carbocycles. The molecule has 0 fully saturated rings. The van der Waals surface area contributed by atoms with E-state index in [4.69, 9.17) is 16.0 Å². The molecule has 1 aliphatic rings. The van der Waals surface area contributed by atoms with E-state index in [1.807, 2.05) is 0 Å². The van der Waals surface area contributed by atoms with E-state index in [9.17, 15) is 31.1 Å². The van der Waals surface area contributed by atoms with Gasteiger partial charge in [-0.2, -0.15) is 31.4 Å². The topological polar surface area (TPSA) is 72.1 Å². The SMILES string of the molecule is O=C(Nc1ccc(Cl)c(C(F)(F)F)c1)c1cnn2c1NC(c1ccco1)CC2C(F)(F)F. The number of alkyl halides is 6. The number of hydrogen-bond donors (Lipinski definition) is 2. The third-order valence-corrected chi connectivity index (χ3v) is 5.23. The van der Waals surface area contributed by atoms with Crippen LogP contribution >= 0.6 is 11.6 Å². The molecule has 13 heteroatoms. The Kier molecular flexibility index (Phi) is 5.35. The van der Waals surface area contributed by atoms with Crippen molar-refractivity contribution in [3.63, 3.8) is 0 Å². The lowest BCUT2D eigenvalue weighted by atomic mass is 10.0. The van der Waals surface area contributed by atoms with Gasteiger partial charge in [-0.05, 0) is 30.3 Å². The van der Waals surface area contributed by atoms with Crippen LogP contribution in [0, 0.1) is 0 Å². The Hall–Kier alpha value is -3.15. The Labute approximate surface area is 181 Å². The zero-order valence-electron chi connectivity index (χ0n) is 15.8. The van der Waals surface area contributed by atoms with Crippen molar-refractivity contribution in [2.75, 3.05) is 10.6 Å². The molecule has 1 aromatic carbocycles. The van der Waals surface area contributed by atoms with E-state index in [-0.39, 0.29) is 22.8 Å². The van der Waals surface area contributed by atoms with Crippen molar-refractivity contribution in [2.45, 2.75) is 30.9 Å². The summed E-state index contributed by atoms with van der Waals surface area (Å²) in [6, 6.07) is 2.79. The maximum absolute atomic E-state index is 13.6. The van der Waals surface area contributed by atoms with Crippen LogP contribution in [0.1, 0.15) is 40.2 Å². The molecule has 2 atom stereocenters. The first-order valence-corrected chi connectivity index (χ1v) is 9.45. The van der Waals surface area contributed by atoms with Crippen LogP contribution in [0.4, 0.5) is 37.8 Å². The number of nitrogens with zero attached hydrogens (tertiary/aromatic N) is 2. The molecule has 0 bridgehead atoms. The number of carbonyl (C=O) groups excluding carboxylic acids is 1. The number of halogens is 7. The summed E-state index contributed by atoms with van der Waals surface area (Å²) in [6.07, 6.45) is -7.63. The van der Waals surface area contributed by atoms with Gasteiger partial charge in [-0.25, -0.2) is 4.68 Å². The van der Waals surface area contributed by atoms with Gasteiger partial charge in [0.15, 0.2) is 6.04 Å². The minimum Gasteiger partial charge on any atom is -0.467 e. The van der Waals surface area contributed by atoms with Gasteiger partial charge < -0.3 is 15.1 Å². The minimum absolute atomic E-state index is 0.227. The Morgan fingerprint density at radius 1 is 1.22 bits per heavy atom. The molecule has 1 amide bonds. The maximum atomic E-state index is 13.6. The fourth-order valence-corrected chi connectivity index (χ4v) is 3.65. The summed E-state index contributed by atoms with van der Waals surface area (Å²) in [5.41, 5.74) is -1.68. The van der Waals surface area contributed by atoms with Crippen molar-refractivity contribution in [1.82, 2.24) is 9.78 Å². The number of carbonyl (C=O) groups is 1. The highest BCUT2D eigenvalue weighted by molar-refractivity contribution is 6.31. The molecule has 2 N–H and O–H groups in total. The van der Waals surface area contributed by atoms with E-state index in [2.05, 4.69) is 15.7 Å². The normalized spacial score (nSPS) is 18.7. The number of benzene rings is 1. The molecule has 3 heterocycles. The number of rotatable bonds is 3. The highest BCUT2D eigenvalue weighted by Crippen LogP contribution is 2.44. The average molecular weight is 479 g/mol. The lowest BCUT2D eigenvalue weighted by Crippen LogP contribution is -2.36. The number of hydrogen-bond acceptors (Lipinski definition) is 4. The van der Waals surface area contributed by atoms with E-state index in [0.29, 0.717) is 10.7 Å². The zero-order chi connectivity index (χ0) is 23.3. The second kappa shape index (κ2) is 7.76. The van der Waals surface area contributed by atoms with Gasteiger partial charge in [0.1, 0.15) is 17.1 Å². The summed E-state index contributed by atoms with van der Waals surface area (Å²) in [7, 11) is 0. The lowest BCUT2D eigenvalue weighted by molar-refractivity contribution is -0.174. The lowest BCUT2D eigenvalue weighted by Gasteiger charge is -2.32. The first-order chi connectivity index (χ1) is 14.9. The molecule has 0 aliphatic carbocycles. The van der Waals surface area contributed by atoms with Gasteiger partial charge in [0, 0.05) is 12.1 Å². The van der Waals surface area contributed by atoms with Crippen LogP contribution in [-0.2, 0) is 6.18 Å². The molecule has 2 unspecified atom stereocenters. The molecule has 0 spiro atoms. The van der Waals surface area contributed by atoms with Gasteiger partial charge >= 0.3 is 12.4 Å². The van der Waals surface area contributed by atoms with E-state index >= 15 is 0 Å². The monoisotopic (exact) mass is 478 g/mol. The Balaban J connectivity index is 1.67. The number of anilines is 2. The quantitative estimate of drug-likeness (QED) is 0.449. The Morgan fingerprint density at radius 2 is 1.97 bits per heavy atom. The van der Waals surface area contributed by atoms with Crippen LogP contribution in [0.15, 0.2) is 47.2 Å². The first kappa shape index (κ1) is 22.1. The zero-order valence-corrected chi connectivity index (χ0v) is 16.5. The maximum Gasteiger partial charge on any atom is 0.417 e. The second-order valence-electron chi connectivity index (χ2n) is 7.00. The number of furan rings is 1. The van der Waals surface area contributed by atoms with Gasteiger partial charge in [0.25, 0.3) is 5.91 Å². The predicted octanol–water partition coefficient (Wildman–Crippen LogP) is 6.06. The number of fused-ring (bicyclic) bond motifs is 1. The summed E-state index contributed by atoms with van der Waals surface area (Å²) in [4.78, 5) is 12.7. The van der Waals surface area contributed by atoms with E-state index in [1.165, 1.54) is 18.4 Å². The summed E-state index contributed by atoms with van der Waals surface area (Å²) in [6.45, 7) is 0.